The number of ether oxygens (including phenoxy) is 2. The van der Waals surface area contributed by atoms with Crippen molar-refractivity contribution in [2.45, 2.75) is 13.8 Å². The highest BCUT2D eigenvalue weighted by atomic mass is 32.1. The SMILES string of the molecule is CNC(=S)c1cc(OC)c(C)c(C)c1OC. The van der Waals surface area contributed by atoms with E-state index >= 15 is 0 Å². The Kier molecular flexibility index (Phi) is 4.12. The van der Waals surface area contributed by atoms with E-state index in [1.54, 1.807) is 21.3 Å². The number of benzene rings is 1. The Bertz CT molecular complexity index is 416. The summed E-state index contributed by atoms with van der Waals surface area (Å²) in [5.74, 6) is 1.63. The topological polar surface area (TPSA) is 30.5 Å². The largest absolute Gasteiger partial charge is 0.496 e. The molecule has 0 unspecified atom stereocenters. The highest BCUT2D eigenvalue weighted by molar-refractivity contribution is 7.80. The highest BCUT2D eigenvalue weighted by Crippen LogP contribution is 2.33. The van der Waals surface area contributed by atoms with Gasteiger partial charge in [-0.3, -0.25) is 0 Å². The Hall–Kier alpha value is -1.29. The molecule has 0 saturated carbocycles. The van der Waals surface area contributed by atoms with Crippen molar-refractivity contribution in [3.63, 3.8) is 0 Å². The van der Waals surface area contributed by atoms with Crippen molar-refractivity contribution in [2.24, 2.45) is 0 Å². The summed E-state index contributed by atoms with van der Waals surface area (Å²) >= 11 is 5.24. The van der Waals surface area contributed by atoms with Crippen LogP contribution in [0, 0.1) is 13.8 Å². The lowest BCUT2D eigenvalue weighted by Crippen LogP contribution is -2.18. The summed E-state index contributed by atoms with van der Waals surface area (Å²) in [6, 6.07) is 1.90. The van der Waals surface area contributed by atoms with E-state index in [0.717, 1.165) is 28.2 Å². The molecular formula is C12H17NO2S. The molecule has 0 atom stereocenters. The van der Waals surface area contributed by atoms with Crippen LogP contribution in [0.2, 0.25) is 0 Å². The van der Waals surface area contributed by atoms with Crippen LogP contribution >= 0.6 is 12.2 Å². The van der Waals surface area contributed by atoms with Gasteiger partial charge in [-0.25, -0.2) is 0 Å². The van der Waals surface area contributed by atoms with E-state index in [4.69, 9.17) is 21.7 Å². The Morgan fingerprint density at radius 3 is 2.25 bits per heavy atom. The van der Waals surface area contributed by atoms with Crippen molar-refractivity contribution in [3.8, 4) is 11.5 Å². The molecule has 0 amide bonds. The summed E-state index contributed by atoms with van der Waals surface area (Å²) < 4.78 is 10.7. The molecule has 0 aliphatic rings. The Balaban J connectivity index is 3.47. The molecule has 0 fully saturated rings. The van der Waals surface area contributed by atoms with Gasteiger partial charge in [0.2, 0.25) is 0 Å². The molecule has 0 heterocycles. The first-order valence-electron chi connectivity index (χ1n) is 5.01. The van der Waals surface area contributed by atoms with Gasteiger partial charge in [0.25, 0.3) is 0 Å². The van der Waals surface area contributed by atoms with E-state index in [0.29, 0.717) is 4.99 Å². The lowest BCUT2D eigenvalue weighted by molar-refractivity contribution is 0.397. The number of rotatable bonds is 3. The number of thiocarbonyl (C=S) groups is 1. The maximum Gasteiger partial charge on any atom is 0.132 e. The Labute approximate surface area is 102 Å². The second kappa shape index (κ2) is 5.16. The van der Waals surface area contributed by atoms with Gasteiger partial charge in [-0.2, -0.15) is 0 Å². The van der Waals surface area contributed by atoms with Gasteiger partial charge >= 0.3 is 0 Å². The summed E-state index contributed by atoms with van der Waals surface area (Å²) in [7, 11) is 5.10. The molecule has 0 bridgehead atoms. The summed E-state index contributed by atoms with van der Waals surface area (Å²) in [6.45, 7) is 4.00. The minimum absolute atomic E-state index is 0.651. The Morgan fingerprint density at radius 2 is 1.81 bits per heavy atom. The monoisotopic (exact) mass is 239 g/mol. The summed E-state index contributed by atoms with van der Waals surface area (Å²) in [5, 5.41) is 2.95. The van der Waals surface area contributed by atoms with Gasteiger partial charge < -0.3 is 14.8 Å². The number of hydrogen-bond donors (Lipinski definition) is 1. The first-order valence-corrected chi connectivity index (χ1v) is 5.41. The summed E-state index contributed by atoms with van der Waals surface area (Å²) in [6.07, 6.45) is 0. The first-order chi connectivity index (χ1) is 7.56. The molecule has 1 rings (SSSR count). The molecule has 1 aromatic rings. The molecule has 16 heavy (non-hydrogen) atoms. The van der Waals surface area contributed by atoms with E-state index in [2.05, 4.69) is 5.32 Å². The van der Waals surface area contributed by atoms with Crippen LogP contribution < -0.4 is 14.8 Å². The van der Waals surface area contributed by atoms with Crippen molar-refractivity contribution in [3.05, 3.63) is 22.8 Å². The smallest absolute Gasteiger partial charge is 0.132 e. The molecule has 0 saturated heterocycles. The molecule has 0 radical (unpaired) electrons. The normalized spacial score (nSPS) is 9.81. The molecular weight excluding hydrogens is 222 g/mol. The molecule has 0 aliphatic heterocycles. The Morgan fingerprint density at radius 1 is 1.19 bits per heavy atom. The average molecular weight is 239 g/mol. The van der Waals surface area contributed by atoms with Gasteiger partial charge in [-0.05, 0) is 31.0 Å². The molecule has 1 aromatic carbocycles. The van der Waals surface area contributed by atoms with Crippen LogP contribution in [-0.2, 0) is 0 Å². The lowest BCUT2D eigenvalue weighted by Gasteiger charge is -2.17. The minimum Gasteiger partial charge on any atom is -0.496 e. The van der Waals surface area contributed by atoms with Crippen LogP contribution in [0.15, 0.2) is 6.07 Å². The third-order valence-electron chi connectivity index (χ3n) is 2.69. The fraction of sp³-hybridized carbons (Fsp3) is 0.417. The van der Waals surface area contributed by atoms with Crippen LogP contribution in [-0.4, -0.2) is 26.3 Å². The van der Waals surface area contributed by atoms with Crippen LogP contribution in [0.1, 0.15) is 16.7 Å². The number of nitrogens with one attached hydrogen (secondary N) is 1. The third-order valence-corrected chi connectivity index (χ3v) is 3.11. The van der Waals surface area contributed by atoms with Gasteiger partial charge in [0.15, 0.2) is 0 Å². The maximum atomic E-state index is 5.40. The molecule has 0 aromatic heterocycles. The van der Waals surface area contributed by atoms with Gasteiger partial charge in [-0.1, -0.05) is 12.2 Å². The van der Waals surface area contributed by atoms with E-state index in [-0.39, 0.29) is 0 Å². The summed E-state index contributed by atoms with van der Waals surface area (Å²) in [5.41, 5.74) is 2.98. The van der Waals surface area contributed by atoms with E-state index in [1.165, 1.54) is 0 Å². The van der Waals surface area contributed by atoms with Crippen LogP contribution in [0.3, 0.4) is 0 Å². The van der Waals surface area contributed by atoms with Crippen molar-refractivity contribution >= 4 is 17.2 Å². The van der Waals surface area contributed by atoms with E-state index < -0.39 is 0 Å². The fourth-order valence-corrected chi connectivity index (χ4v) is 1.79. The van der Waals surface area contributed by atoms with Crippen molar-refractivity contribution < 1.29 is 9.47 Å². The van der Waals surface area contributed by atoms with Crippen LogP contribution in [0.5, 0.6) is 11.5 Å². The van der Waals surface area contributed by atoms with Gasteiger partial charge in [-0.15, -0.1) is 0 Å². The molecule has 0 aliphatic carbocycles. The lowest BCUT2D eigenvalue weighted by atomic mass is 10.0. The molecule has 4 heteroatoms. The zero-order chi connectivity index (χ0) is 12.3. The molecule has 1 N–H and O–H groups in total. The minimum atomic E-state index is 0.651. The highest BCUT2D eigenvalue weighted by Gasteiger charge is 2.15. The van der Waals surface area contributed by atoms with Crippen molar-refractivity contribution in [1.82, 2.24) is 5.32 Å². The standard InChI is InChI=1S/C12H17NO2S/c1-7-8(2)11(15-5)9(12(16)13-3)6-10(7)14-4/h6H,1-5H3,(H,13,16). The molecule has 3 nitrogen and oxygen atoms in total. The predicted molar refractivity (Wildman–Crippen MR) is 69.8 cm³/mol. The zero-order valence-corrected chi connectivity index (χ0v) is 11.1. The zero-order valence-electron chi connectivity index (χ0n) is 10.3. The quantitative estimate of drug-likeness (QED) is 0.819. The van der Waals surface area contributed by atoms with E-state index in [1.807, 2.05) is 19.9 Å². The third kappa shape index (κ3) is 2.11. The van der Waals surface area contributed by atoms with Crippen LogP contribution in [0.25, 0.3) is 0 Å². The average Bonchev–Trinajstić information content (AvgIpc) is 2.31. The maximum absolute atomic E-state index is 5.40. The van der Waals surface area contributed by atoms with E-state index in [9.17, 15) is 0 Å². The second-order valence-electron chi connectivity index (χ2n) is 3.49. The summed E-state index contributed by atoms with van der Waals surface area (Å²) in [4.78, 5) is 0.651. The molecule has 0 spiro atoms. The van der Waals surface area contributed by atoms with Gasteiger partial charge in [0.1, 0.15) is 16.5 Å². The second-order valence-corrected chi connectivity index (χ2v) is 3.90. The van der Waals surface area contributed by atoms with Crippen molar-refractivity contribution in [1.29, 1.82) is 0 Å². The van der Waals surface area contributed by atoms with Gasteiger partial charge in [0.05, 0.1) is 19.8 Å². The van der Waals surface area contributed by atoms with Gasteiger partial charge in [0, 0.05) is 7.05 Å². The predicted octanol–water partition coefficient (Wildman–Crippen LogP) is 2.22. The first kappa shape index (κ1) is 12.8. The fourth-order valence-electron chi connectivity index (χ4n) is 1.64. The number of hydrogen-bond acceptors (Lipinski definition) is 3. The van der Waals surface area contributed by atoms with Crippen molar-refractivity contribution in [2.75, 3.05) is 21.3 Å². The van der Waals surface area contributed by atoms with Crippen LogP contribution in [0.4, 0.5) is 0 Å². The number of methoxy groups -OCH3 is 2. The molecule has 88 valence electrons.